The summed E-state index contributed by atoms with van der Waals surface area (Å²) >= 11 is 0. The summed E-state index contributed by atoms with van der Waals surface area (Å²) in [4.78, 5) is 2.36. The van der Waals surface area contributed by atoms with Crippen molar-refractivity contribution < 1.29 is 19.7 Å². The molecule has 0 aromatic heterocycles. The van der Waals surface area contributed by atoms with Crippen LogP contribution in [0.25, 0.3) is 21.9 Å². The van der Waals surface area contributed by atoms with Crippen LogP contribution in [0.15, 0.2) is 72.8 Å². The standard InChI is InChI=1S/C29H29NO4/c1-2-33-26-10-7-11-27(28(26)30-16-4-3-5-17-30)34-29-24(20-8-6-9-22(31)18-20)14-12-21-19-23(32)13-15-25(21)29/h6-15,18-19,31-32H,2-5,16-17H2,1H3. The van der Waals surface area contributed by atoms with E-state index in [9.17, 15) is 10.2 Å². The van der Waals surface area contributed by atoms with Crippen LogP contribution in [-0.4, -0.2) is 29.9 Å². The fourth-order valence-corrected chi connectivity index (χ4v) is 4.70. The fourth-order valence-electron chi connectivity index (χ4n) is 4.70. The molecule has 2 N–H and O–H groups in total. The molecule has 34 heavy (non-hydrogen) atoms. The maximum Gasteiger partial charge on any atom is 0.154 e. The highest BCUT2D eigenvalue weighted by atomic mass is 16.5. The van der Waals surface area contributed by atoms with Gasteiger partial charge in [-0.1, -0.05) is 24.3 Å². The number of fused-ring (bicyclic) bond motifs is 1. The number of ether oxygens (including phenoxy) is 2. The Morgan fingerprint density at radius 3 is 2.35 bits per heavy atom. The zero-order valence-corrected chi connectivity index (χ0v) is 19.3. The first-order valence-electron chi connectivity index (χ1n) is 11.9. The number of piperidine rings is 1. The third kappa shape index (κ3) is 4.34. The van der Waals surface area contributed by atoms with Crippen molar-refractivity contribution in [2.75, 3.05) is 24.6 Å². The summed E-state index contributed by atoms with van der Waals surface area (Å²) in [6.45, 7) is 4.49. The van der Waals surface area contributed by atoms with Crippen molar-refractivity contribution in [3.05, 3.63) is 72.8 Å². The van der Waals surface area contributed by atoms with Crippen molar-refractivity contribution in [3.63, 3.8) is 0 Å². The molecule has 0 spiro atoms. The SMILES string of the molecule is CCOc1cccc(Oc2c(-c3cccc(O)c3)ccc3cc(O)ccc23)c1N1CCCCC1. The minimum atomic E-state index is 0.196. The molecule has 1 heterocycles. The maximum absolute atomic E-state index is 10.1. The summed E-state index contributed by atoms with van der Waals surface area (Å²) in [5.74, 6) is 2.63. The van der Waals surface area contributed by atoms with E-state index in [4.69, 9.17) is 9.47 Å². The van der Waals surface area contributed by atoms with Gasteiger partial charge in [0.25, 0.3) is 0 Å². The quantitative estimate of drug-likeness (QED) is 0.325. The molecule has 0 amide bonds. The first kappa shape index (κ1) is 22.0. The lowest BCUT2D eigenvalue weighted by Crippen LogP contribution is -2.30. The third-order valence-corrected chi connectivity index (χ3v) is 6.26. The lowest BCUT2D eigenvalue weighted by molar-refractivity contribution is 0.337. The number of hydrogen-bond acceptors (Lipinski definition) is 5. The Labute approximate surface area is 199 Å². The van der Waals surface area contributed by atoms with Crippen LogP contribution < -0.4 is 14.4 Å². The van der Waals surface area contributed by atoms with Gasteiger partial charge in [0, 0.05) is 24.0 Å². The van der Waals surface area contributed by atoms with Gasteiger partial charge in [-0.25, -0.2) is 0 Å². The Kier molecular flexibility index (Phi) is 6.17. The zero-order chi connectivity index (χ0) is 23.5. The van der Waals surface area contributed by atoms with Gasteiger partial charge in [0.2, 0.25) is 0 Å². The van der Waals surface area contributed by atoms with Crippen molar-refractivity contribution in [1.82, 2.24) is 0 Å². The van der Waals surface area contributed by atoms with Crippen molar-refractivity contribution in [3.8, 4) is 39.9 Å². The van der Waals surface area contributed by atoms with Gasteiger partial charge in [-0.2, -0.15) is 0 Å². The highest BCUT2D eigenvalue weighted by Gasteiger charge is 2.22. The number of phenols is 2. The number of phenolic OH excluding ortho intramolecular Hbond substituents is 2. The molecule has 0 saturated carbocycles. The molecule has 1 fully saturated rings. The van der Waals surface area contributed by atoms with Crippen LogP contribution in [0, 0.1) is 0 Å². The number of nitrogens with zero attached hydrogens (tertiary/aromatic N) is 1. The van der Waals surface area contributed by atoms with Crippen LogP contribution in [0.5, 0.6) is 28.7 Å². The molecular formula is C29H29NO4. The molecule has 0 aliphatic carbocycles. The van der Waals surface area contributed by atoms with E-state index in [2.05, 4.69) is 4.90 Å². The average Bonchev–Trinajstić information content (AvgIpc) is 2.85. The first-order chi connectivity index (χ1) is 16.6. The van der Waals surface area contributed by atoms with Crippen molar-refractivity contribution in [1.29, 1.82) is 0 Å². The van der Waals surface area contributed by atoms with E-state index in [1.807, 2.05) is 55.5 Å². The molecule has 5 nitrogen and oxygen atoms in total. The molecule has 4 aromatic carbocycles. The zero-order valence-electron chi connectivity index (χ0n) is 19.3. The molecule has 0 bridgehead atoms. The van der Waals surface area contributed by atoms with E-state index in [1.165, 1.54) is 6.42 Å². The average molecular weight is 456 g/mol. The third-order valence-electron chi connectivity index (χ3n) is 6.26. The molecule has 0 radical (unpaired) electrons. The van der Waals surface area contributed by atoms with Gasteiger partial charge in [-0.05, 0) is 85.7 Å². The highest BCUT2D eigenvalue weighted by Crippen LogP contribution is 2.46. The number of hydrogen-bond donors (Lipinski definition) is 2. The van der Waals surface area contributed by atoms with Crippen LogP contribution in [0.1, 0.15) is 26.2 Å². The molecule has 174 valence electrons. The lowest BCUT2D eigenvalue weighted by Gasteiger charge is -2.32. The molecule has 1 saturated heterocycles. The van der Waals surface area contributed by atoms with Gasteiger partial charge >= 0.3 is 0 Å². The monoisotopic (exact) mass is 455 g/mol. The van der Waals surface area contributed by atoms with Crippen molar-refractivity contribution in [2.45, 2.75) is 26.2 Å². The molecule has 0 atom stereocenters. The molecule has 4 aromatic rings. The van der Waals surface area contributed by atoms with Gasteiger partial charge < -0.3 is 24.6 Å². The summed E-state index contributed by atoms with van der Waals surface area (Å²) in [5, 5.41) is 21.9. The smallest absolute Gasteiger partial charge is 0.154 e. The summed E-state index contributed by atoms with van der Waals surface area (Å²) in [7, 11) is 0. The lowest BCUT2D eigenvalue weighted by atomic mass is 9.99. The Morgan fingerprint density at radius 2 is 1.56 bits per heavy atom. The van der Waals surface area contributed by atoms with Crippen LogP contribution in [0.4, 0.5) is 5.69 Å². The Bertz CT molecular complexity index is 1310. The molecule has 1 aliphatic rings. The molecule has 5 rings (SSSR count). The second kappa shape index (κ2) is 9.56. The van der Waals surface area contributed by atoms with E-state index in [0.29, 0.717) is 12.4 Å². The largest absolute Gasteiger partial charge is 0.508 e. The van der Waals surface area contributed by atoms with E-state index in [0.717, 1.165) is 65.0 Å². The number of anilines is 1. The summed E-state index contributed by atoms with van der Waals surface area (Å²) in [5.41, 5.74) is 2.69. The normalized spacial score (nSPS) is 13.7. The fraction of sp³-hybridized carbons (Fsp3) is 0.241. The molecule has 5 heteroatoms. The number of aromatic hydroxyl groups is 2. The number of para-hydroxylation sites is 1. The van der Waals surface area contributed by atoms with E-state index in [-0.39, 0.29) is 11.5 Å². The van der Waals surface area contributed by atoms with Gasteiger partial charge in [-0.3, -0.25) is 0 Å². The van der Waals surface area contributed by atoms with E-state index in [1.54, 1.807) is 24.3 Å². The predicted octanol–water partition coefficient (Wildman–Crippen LogP) is 7.10. The molecule has 0 unspecified atom stereocenters. The van der Waals surface area contributed by atoms with Crippen LogP contribution in [0.3, 0.4) is 0 Å². The Hall–Kier alpha value is -3.86. The van der Waals surface area contributed by atoms with Gasteiger partial charge in [0.1, 0.15) is 28.7 Å². The van der Waals surface area contributed by atoms with Crippen molar-refractivity contribution in [2.24, 2.45) is 0 Å². The summed E-state index contributed by atoms with van der Waals surface area (Å²) < 4.78 is 12.8. The van der Waals surface area contributed by atoms with Crippen LogP contribution in [-0.2, 0) is 0 Å². The van der Waals surface area contributed by atoms with Gasteiger partial charge in [0.05, 0.1) is 6.61 Å². The van der Waals surface area contributed by atoms with E-state index < -0.39 is 0 Å². The Balaban J connectivity index is 1.69. The molecule has 1 aliphatic heterocycles. The Morgan fingerprint density at radius 1 is 0.794 bits per heavy atom. The second-order valence-electron chi connectivity index (χ2n) is 8.58. The van der Waals surface area contributed by atoms with Crippen LogP contribution in [0.2, 0.25) is 0 Å². The predicted molar refractivity (Wildman–Crippen MR) is 136 cm³/mol. The van der Waals surface area contributed by atoms with Crippen LogP contribution >= 0.6 is 0 Å². The minimum absolute atomic E-state index is 0.196. The van der Waals surface area contributed by atoms with E-state index >= 15 is 0 Å². The summed E-state index contributed by atoms with van der Waals surface area (Å²) in [6.07, 6.45) is 3.52. The number of benzene rings is 4. The number of rotatable bonds is 6. The minimum Gasteiger partial charge on any atom is -0.508 e. The summed E-state index contributed by atoms with van der Waals surface area (Å²) in [6, 6.07) is 22.3. The maximum atomic E-state index is 10.1. The van der Waals surface area contributed by atoms with Gasteiger partial charge in [-0.15, -0.1) is 0 Å². The topological polar surface area (TPSA) is 62.2 Å². The van der Waals surface area contributed by atoms with Gasteiger partial charge in [0.15, 0.2) is 5.75 Å². The second-order valence-corrected chi connectivity index (χ2v) is 8.58. The van der Waals surface area contributed by atoms with Crippen molar-refractivity contribution >= 4 is 16.5 Å². The molecular weight excluding hydrogens is 426 g/mol. The highest BCUT2D eigenvalue weighted by molar-refractivity contribution is 5.96. The first-order valence-corrected chi connectivity index (χ1v) is 11.9.